The quantitative estimate of drug-likeness (QED) is 0.0133. The molecular formula is C77H77Cl4F4N7O11. The lowest BCUT2D eigenvalue weighted by Crippen LogP contribution is -2.45. The van der Waals surface area contributed by atoms with Crippen LogP contribution in [0.3, 0.4) is 0 Å². The predicted octanol–water partition coefficient (Wildman–Crippen LogP) is 17.5. The van der Waals surface area contributed by atoms with Crippen molar-refractivity contribution in [2.24, 2.45) is 15.8 Å². The molecule has 542 valence electrons. The van der Waals surface area contributed by atoms with Gasteiger partial charge in [-0.15, -0.1) is 0 Å². The van der Waals surface area contributed by atoms with Crippen molar-refractivity contribution in [2.45, 2.75) is 97.8 Å². The number of ether oxygens (including phenoxy) is 3. The fourth-order valence-electron chi connectivity index (χ4n) is 11.0. The van der Waals surface area contributed by atoms with Gasteiger partial charge in [-0.2, -0.15) is 10.5 Å². The van der Waals surface area contributed by atoms with Crippen molar-refractivity contribution in [3.63, 3.8) is 0 Å². The molecule has 1 saturated heterocycles. The number of aliphatic imine (C=N–C) groups is 1. The summed E-state index contributed by atoms with van der Waals surface area (Å²) in [5, 5.41) is 48.6. The molecule has 1 aliphatic rings. The van der Waals surface area contributed by atoms with Crippen molar-refractivity contribution in [1.82, 2.24) is 5.32 Å². The van der Waals surface area contributed by atoms with Crippen LogP contribution in [-0.2, 0) is 19.7 Å². The number of rotatable bonds is 18. The fourth-order valence-corrected chi connectivity index (χ4v) is 11.7. The highest BCUT2D eigenvalue weighted by atomic mass is 35.5. The number of benzene rings is 7. The molecule has 7 aromatic carbocycles. The van der Waals surface area contributed by atoms with Crippen molar-refractivity contribution in [3.8, 4) is 23.6 Å². The first-order valence-corrected chi connectivity index (χ1v) is 33.4. The number of nitrogens with zero attached hydrogens (tertiary/aromatic N) is 4. The predicted molar refractivity (Wildman–Crippen MR) is 395 cm³/mol. The van der Waals surface area contributed by atoms with E-state index < -0.39 is 81.7 Å². The molecule has 1 aliphatic heterocycles. The molecule has 0 aliphatic carbocycles. The number of nitrogens with one attached hydrogen (secondary N) is 3. The minimum Gasteiger partial charge on any atom is -0.495 e. The van der Waals surface area contributed by atoms with Gasteiger partial charge in [-0.05, 0) is 152 Å². The molecule has 9 rings (SSSR count). The second-order valence-corrected chi connectivity index (χ2v) is 27.7. The molecule has 26 heteroatoms. The average Bonchev–Trinajstić information content (AvgIpc) is 1.57. The van der Waals surface area contributed by atoms with Gasteiger partial charge in [0.2, 0.25) is 11.8 Å². The first-order chi connectivity index (χ1) is 48.5. The third-order valence-electron chi connectivity index (χ3n) is 16.2. The molecule has 5 atom stereocenters. The van der Waals surface area contributed by atoms with Crippen LogP contribution >= 0.6 is 46.4 Å². The molecule has 8 aromatic rings. The molecule has 0 saturated carbocycles. The second-order valence-electron chi connectivity index (χ2n) is 26.0. The zero-order valence-electron chi connectivity index (χ0n) is 58.4. The molecule has 0 bridgehead atoms. The molecule has 0 radical (unpaired) electrons. The number of carboxylic acids is 1. The van der Waals surface area contributed by atoms with Gasteiger partial charge in [0.1, 0.15) is 52.3 Å². The van der Waals surface area contributed by atoms with E-state index in [-0.39, 0.29) is 82.8 Å². The highest BCUT2D eigenvalue weighted by molar-refractivity contribution is 6.31. The summed E-state index contributed by atoms with van der Waals surface area (Å²) in [6.07, 6.45) is 3.43. The summed E-state index contributed by atoms with van der Waals surface area (Å²) in [6.45, 7) is 16.7. The monoisotopic (exact) mass is 1490 g/mol. The van der Waals surface area contributed by atoms with E-state index in [1.54, 1.807) is 31.3 Å². The van der Waals surface area contributed by atoms with Crippen molar-refractivity contribution in [1.29, 1.82) is 10.5 Å². The van der Waals surface area contributed by atoms with Crippen LogP contribution in [0.25, 0.3) is 22.6 Å². The summed E-state index contributed by atoms with van der Waals surface area (Å²) in [4.78, 5) is 66.5. The Morgan fingerprint density at radius 3 is 1.93 bits per heavy atom. The van der Waals surface area contributed by atoms with Gasteiger partial charge >= 0.3 is 17.6 Å². The Hall–Kier alpha value is -9.78. The third-order valence-corrected chi connectivity index (χ3v) is 17.2. The number of carbonyl (C=O) groups excluding carboxylic acids is 3. The van der Waals surface area contributed by atoms with Crippen molar-refractivity contribution >= 4 is 116 Å². The number of aromatic carboxylic acids is 1. The zero-order chi connectivity index (χ0) is 76.4. The summed E-state index contributed by atoms with van der Waals surface area (Å²) in [7, 11) is 6.06. The minimum absolute atomic E-state index is 0.0136. The van der Waals surface area contributed by atoms with Gasteiger partial charge < -0.3 is 49.7 Å². The van der Waals surface area contributed by atoms with Crippen LogP contribution in [-0.4, -0.2) is 93.7 Å². The number of methoxy groups -OCH3 is 3. The van der Waals surface area contributed by atoms with E-state index in [4.69, 9.17) is 65.6 Å². The number of fused-ring (bicyclic) bond motifs is 1. The van der Waals surface area contributed by atoms with Crippen LogP contribution in [0.15, 0.2) is 148 Å². The number of esters is 1. The number of halogens is 8. The van der Waals surface area contributed by atoms with E-state index in [1.165, 1.54) is 112 Å². The second kappa shape index (κ2) is 36.4. The molecule has 1 aromatic heterocycles. The maximum atomic E-state index is 15.8. The van der Waals surface area contributed by atoms with Crippen molar-refractivity contribution in [2.75, 3.05) is 57.0 Å². The number of carbonyl (C=O) groups is 4. The maximum Gasteiger partial charge on any atom is 0.337 e. The molecule has 2 amide bonds. The summed E-state index contributed by atoms with van der Waals surface area (Å²) in [5.41, 5.74) is 0.611. The van der Waals surface area contributed by atoms with Crippen LogP contribution in [0.4, 0.5) is 34.6 Å². The normalized spacial score (nSPS) is 15.9. The van der Waals surface area contributed by atoms with Crippen LogP contribution < -0.4 is 35.9 Å². The summed E-state index contributed by atoms with van der Waals surface area (Å²) in [5.74, 6) is -6.28. The summed E-state index contributed by atoms with van der Waals surface area (Å²) >= 11 is 23.5. The standard InChI is InChI=1S/C31H29Cl2F2N3O4.C17H24N2O4.C15H7Cl2F2N.C14H17NO3/c1-30(2,3)14-24-31(15-36,19-10-9-17(32)13-21(19)34)25(18-6-5-7-20(33)26(18)35)27(38-24)28(39)37-22-11-8-16(29(40)41)12-23(22)42-4;1-17(2,3)8-9-18-11-15(20)19-13-7-6-12(16(21)23-5)10-14(13)22-4;16-11-4-5-12(14(18)7-11)10(8-20)6-9-2-1-3-13(17)15(9)19;1-4-15(3)10-5-6-11-12(9(2)16)8-14(17)18-13(11)7-10/h5-13,24-25,27,38H,14H2,1-4H3,(H,37,39)(H,40,41);6-7,9-10H,8,11H2,1-5H3,(H,19,20);1-7H;5-9,16H,4H2,1-3H3/b;;10-6+;/t24-,25-,27+,31-;;;/m0.../s1. The van der Waals surface area contributed by atoms with Gasteiger partial charge in [0.05, 0.1) is 83.7 Å². The van der Waals surface area contributed by atoms with Gasteiger partial charge in [-0.1, -0.05) is 118 Å². The molecule has 2 heterocycles. The SMILES string of the molecule is CCN(C)c1ccc2c(C(C)O)cc(=O)oc2c1.COC(=O)c1ccc(NC(=O)CN=CCC(C)(C)C)c(OC)c1.COc1cc(C(=O)O)ccc1NC(=O)[C@@H]1N[C@@H](CC(C)(C)C)[C@](C#N)(c2ccc(Cl)cc2F)[C@H]1c1cccc(Cl)c1F.N#C/C(=C\c1cccc(Cl)c1F)c1ccc(Cl)cc1F. The Balaban J connectivity index is 0.000000232. The summed E-state index contributed by atoms with van der Waals surface area (Å²) < 4.78 is 79.4. The van der Waals surface area contributed by atoms with Gasteiger partial charge in [0.25, 0.3) is 0 Å². The number of amides is 2. The van der Waals surface area contributed by atoms with E-state index in [1.807, 2.05) is 59.0 Å². The average molecular weight is 1490 g/mol. The Bertz CT molecular complexity index is 4640. The molecule has 1 fully saturated rings. The Morgan fingerprint density at radius 2 is 1.37 bits per heavy atom. The van der Waals surface area contributed by atoms with Gasteiger partial charge in [-0.3, -0.25) is 14.6 Å². The van der Waals surface area contributed by atoms with E-state index in [0.717, 1.165) is 36.2 Å². The number of hydrogen-bond donors (Lipinski definition) is 5. The Kier molecular flexibility index (Phi) is 29.0. The molecule has 103 heavy (non-hydrogen) atoms. The summed E-state index contributed by atoms with van der Waals surface area (Å²) in [6, 6.07) is 34.1. The Labute approximate surface area is 614 Å². The lowest BCUT2D eigenvalue weighted by Gasteiger charge is -2.37. The van der Waals surface area contributed by atoms with Gasteiger partial charge in [0.15, 0.2) is 0 Å². The maximum absolute atomic E-state index is 15.8. The smallest absolute Gasteiger partial charge is 0.337 e. The third kappa shape index (κ3) is 21.4. The highest BCUT2D eigenvalue weighted by Crippen LogP contribution is 2.53. The number of nitriles is 2. The molecule has 0 spiro atoms. The largest absolute Gasteiger partial charge is 0.495 e. The molecule has 1 unspecified atom stereocenters. The van der Waals surface area contributed by atoms with Crippen molar-refractivity contribution in [3.05, 3.63) is 226 Å². The fraction of sp³-hybridized carbons (Fsp3) is 0.299. The van der Waals surface area contributed by atoms with E-state index in [0.29, 0.717) is 34.6 Å². The lowest BCUT2D eigenvalue weighted by molar-refractivity contribution is -0.118. The molecule has 18 nitrogen and oxygen atoms in total. The Morgan fingerprint density at radius 1 is 0.767 bits per heavy atom. The number of anilines is 3. The number of carboxylic acid groups (broad SMARTS) is 1. The first-order valence-electron chi connectivity index (χ1n) is 31.9. The van der Waals surface area contributed by atoms with Crippen LogP contribution in [0.5, 0.6) is 11.5 Å². The molecular weight excluding hydrogens is 1420 g/mol. The van der Waals surface area contributed by atoms with E-state index in [9.17, 15) is 48.2 Å². The van der Waals surface area contributed by atoms with Gasteiger partial charge in [-0.25, -0.2) is 31.9 Å². The minimum atomic E-state index is -1.78. The number of hydrogen-bond acceptors (Lipinski definition) is 15. The molecule has 5 N–H and O–H groups in total. The highest BCUT2D eigenvalue weighted by Gasteiger charge is 2.61. The first kappa shape index (κ1) is 82.2. The van der Waals surface area contributed by atoms with Gasteiger partial charge in [0, 0.05) is 75.5 Å². The van der Waals surface area contributed by atoms with Crippen molar-refractivity contribution < 1.29 is 65.6 Å². The van der Waals surface area contributed by atoms with E-state index >= 15 is 8.78 Å². The number of aliphatic hydroxyl groups is 1. The van der Waals surface area contributed by atoms with E-state index in [2.05, 4.69) is 57.4 Å². The topological polar surface area (TPSA) is 266 Å². The number of allylic oxidation sites excluding steroid dienone is 1. The zero-order valence-corrected chi connectivity index (χ0v) is 61.4. The lowest BCUT2D eigenvalue weighted by atomic mass is 9.62. The van der Waals surface area contributed by atoms with Crippen LogP contribution in [0, 0.1) is 56.8 Å². The van der Waals surface area contributed by atoms with Crippen LogP contribution in [0.2, 0.25) is 20.1 Å². The van der Waals surface area contributed by atoms with Crippen LogP contribution in [0.1, 0.15) is 129 Å². The number of aliphatic hydroxyl groups excluding tert-OH is 1.